The third-order valence-corrected chi connectivity index (χ3v) is 4.71. The summed E-state index contributed by atoms with van der Waals surface area (Å²) in [5.74, 6) is -0.0485. The third-order valence-electron chi connectivity index (χ3n) is 4.71. The van der Waals surface area contributed by atoms with Crippen molar-refractivity contribution >= 4 is 5.91 Å². The SMILES string of the molecule is CCc1c(C(=O)NCCN(C(C)C)C(C)C)cnn1-c1ccc(C)cc1. The molecule has 0 saturated heterocycles. The predicted molar refractivity (Wildman–Crippen MR) is 107 cm³/mol. The molecule has 0 saturated carbocycles. The summed E-state index contributed by atoms with van der Waals surface area (Å²) in [4.78, 5) is 15.0. The molecular weight excluding hydrogens is 324 g/mol. The van der Waals surface area contributed by atoms with E-state index in [2.05, 4.69) is 69.0 Å². The molecule has 0 aliphatic carbocycles. The van der Waals surface area contributed by atoms with Crippen molar-refractivity contribution in [3.63, 3.8) is 0 Å². The molecular formula is C21H32N4O. The van der Waals surface area contributed by atoms with E-state index in [1.807, 2.05) is 16.8 Å². The molecule has 142 valence electrons. The minimum Gasteiger partial charge on any atom is -0.351 e. The van der Waals surface area contributed by atoms with Crippen molar-refractivity contribution in [2.75, 3.05) is 13.1 Å². The van der Waals surface area contributed by atoms with Gasteiger partial charge in [-0.05, 0) is 53.2 Å². The number of amides is 1. The number of rotatable bonds is 8. The molecule has 2 rings (SSSR count). The average molecular weight is 357 g/mol. The predicted octanol–water partition coefficient (Wildman–Crippen LogP) is 3.59. The lowest BCUT2D eigenvalue weighted by Crippen LogP contribution is -2.42. The number of hydrogen-bond acceptors (Lipinski definition) is 3. The van der Waals surface area contributed by atoms with Crippen molar-refractivity contribution < 1.29 is 4.79 Å². The molecule has 1 N–H and O–H groups in total. The van der Waals surface area contributed by atoms with Gasteiger partial charge in [0.2, 0.25) is 0 Å². The van der Waals surface area contributed by atoms with Gasteiger partial charge >= 0.3 is 0 Å². The van der Waals surface area contributed by atoms with Gasteiger partial charge in [-0.25, -0.2) is 4.68 Å². The number of hydrogen-bond donors (Lipinski definition) is 1. The molecule has 1 aromatic heterocycles. The van der Waals surface area contributed by atoms with E-state index in [1.165, 1.54) is 5.56 Å². The molecule has 2 aromatic rings. The van der Waals surface area contributed by atoms with Gasteiger partial charge in [-0.3, -0.25) is 9.69 Å². The molecule has 0 aliphatic rings. The van der Waals surface area contributed by atoms with Crippen LogP contribution in [0.5, 0.6) is 0 Å². The van der Waals surface area contributed by atoms with E-state index in [0.29, 0.717) is 24.2 Å². The number of aryl methyl sites for hydroxylation is 1. The van der Waals surface area contributed by atoms with Gasteiger partial charge in [0, 0.05) is 25.2 Å². The first kappa shape index (κ1) is 20.2. The highest BCUT2D eigenvalue weighted by Gasteiger charge is 2.18. The topological polar surface area (TPSA) is 50.2 Å². The number of carbonyl (C=O) groups excluding carboxylic acids is 1. The summed E-state index contributed by atoms with van der Waals surface area (Å²) in [6.07, 6.45) is 2.43. The summed E-state index contributed by atoms with van der Waals surface area (Å²) in [5.41, 5.74) is 3.79. The zero-order chi connectivity index (χ0) is 19.3. The van der Waals surface area contributed by atoms with Gasteiger partial charge in [0.25, 0.3) is 5.91 Å². The number of benzene rings is 1. The summed E-state index contributed by atoms with van der Waals surface area (Å²) >= 11 is 0. The molecule has 0 unspecified atom stereocenters. The van der Waals surface area contributed by atoms with Gasteiger partial charge in [-0.2, -0.15) is 5.10 Å². The smallest absolute Gasteiger partial charge is 0.254 e. The fourth-order valence-electron chi connectivity index (χ4n) is 3.32. The van der Waals surface area contributed by atoms with Crippen molar-refractivity contribution in [1.82, 2.24) is 20.0 Å². The molecule has 0 atom stereocenters. The summed E-state index contributed by atoms with van der Waals surface area (Å²) in [6.45, 7) is 14.3. The number of nitrogens with zero attached hydrogens (tertiary/aromatic N) is 3. The first-order valence-electron chi connectivity index (χ1n) is 9.53. The molecule has 5 nitrogen and oxygen atoms in total. The van der Waals surface area contributed by atoms with Crippen LogP contribution in [0.3, 0.4) is 0 Å². The van der Waals surface area contributed by atoms with Crippen LogP contribution in [0.2, 0.25) is 0 Å². The van der Waals surface area contributed by atoms with Crippen LogP contribution in [0, 0.1) is 6.92 Å². The number of nitrogens with one attached hydrogen (secondary N) is 1. The fraction of sp³-hybridized carbons (Fsp3) is 0.524. The van der Waals surface area contributed by atoms with Gasteiger partial charge in [0.05, 0.1) is 23.1 Å². The van der Waals surface area contributed by atoms with E-state index in [0.717, 1.165) is 24.3 Å². The van der Waals surface area contributed by atoms with Gasteiger partial charge in [-0.15, -0.1) is 0 Å². The Morgan fingerprint density at radius 2 is 1.77 bits per heavy atom. The van der Waals surface area contributed by atoms with Crippen LogP contribution in [0.4, 0.5) is 0 Å². The molecule has 1 heterocycles. The zero-order valence-corrected chi connectivity index (χ0v) is 16.9. The van der Waals surface area contributed by atoms with E-state index in [4.69, 9.17) is 0 Å². The molecule has 0 aliphatic heterocycles. The van der Waals surface area contributed by atoms with E-state index in [1.54, 1.807) is 6.20 Å². The lowest BCUT2D eigenvalue weighted by atomic mass is 10.1. The first-order chi connectivity index (χ1) is 12.3. The molecule has 0 fully saturated rings. The highest BCUT2D eigenvalue weighted by Crippen LogP contribution is 2.16. The molecule has 26 heavy (non-hydrogen) atoms. The standard InChI is InChI=1S/C21H32N4O/c1-7-20-19(14-23-25(20)18-10-8-17(6)9-11-18)21(26)22-12-13-24(15(2)3)16(4)5/h8-11,14-16H,7,12-13H2,1-6H3,(H,22,26). The largest absolute Gasteiger partial charge is 0.351 e. The Morgan fingerprint density at radius 1 is 1.15 bits per heavy atom. The summed E-state index contributed by atoms with van der Waals surface area (Å²) < 4.78 is 1.86. The Labute approximate surface area is 157 Å². The Morgan fingerprint density at radius 3 is 2.31 bits per heavy atom. The number of carbonyl (C=O) groups is 1. The van der Waals surface area contributed by atoms with Gasteiger partial charge < -0.3 is 5.32 Å². The highest BCUT2D eigenvalue weighted by molar-refractivity contribution is 5.95. The fourth-order valence-corrected chi connectivity index (χ4v) is 3.32. The van der Waals surface area contributed by atoms with Crippen molar-refractivity contribution in [3.8, 4) is 5.69 Å². The normalized spacial score (nSPS) is 11.6. The van der Waals surface area contributed by atoms with E-state index >= 15 is 0 Å². The zero-order valence-electron chi connectivity index (χ0n) is 16.9. The molecule has 5 heteroatoms. The lowest BCUT2D eigenvalue weighted by Gasteiger charge is -2.30. The molecule has 0 spiro atoms. The van der Waals surface area contributed by atoms with E-state index < -0.39 is 0 Å². The van der Waals surface area contributed by atoms with Crippen LogP contribution in [-0.4, -0.2) is 45.8 Å². The maximum absolute atomic E-state index is 12.7. The Hall–Kier alpha value is -2.14. The van der Waals surface area contributed by atoms with E-state index in [9.17, 15) is 4.79 Å². The van der Waals surface area contributed by atoms with Crippen LogP contribution in [0.1, 0.15) is 56.2 Å². The highest BCUT2D eigenvalue weighted by atomic mass is 16.1. The summed E-state index contributed by atoms with van der Waals surface area (Å²) in [5, 5.41) is 7.51. The monoisotopic (exact) mass is 356 g/mol. The maximum Gasteiger partial charge on any atom is 0.254 e. The Balaban J connectivity index is 2.09. The Bertz CT molecular complexity index is 708. The van der Waals surface area contributed by atoms with Crippen LogP contribution >= 0.6 is 0 Å². The maximum atomic E-state index is 12.7. The summed E-state index contributed by atoms with van der Waals surface area (Å²) in [7, 11) is 0. The van der Waals surface area contributed by atoms with E-state index in [-0.39, 0.29) is 5.91 Å². The third kappa shape index (κ3) is 4.73. The van der Waals surface area contributed by atoms with Crippen LogP contribution in [0.25, 0.3) is 5.69 Å². The molecule has 1 aromatic carbocycles. The van der Waals surface area contributed by atoms with Gasteiger partial charge in [0.15, 0.2) is 0 Å². The minimum atomic E-state index is -0.0485. The quantitative estimate of drug-likeness (QED) is 0.786. The second-order valence-corrected chi connectivity index (χ2v) is 7.29. The lowest BCUT2D eigenvalue weighted by molar-refractivity contribution is 0.0938. The van der Waals surface area contributed by atoms with Gasteiger partial charge in [0.1, 0.15) is 0 Å². The van der Waals surface area contributed by atoms with Crippen molar-refractivity contribution in [2.45, 2.75) is 60.0 Å². The van der Waals surface area contributed by atoms with Gasteiger partial charge in [-0.1, -0.05) is 24.6 Å². The molecule has 0 bridgehead atoms. The summed E-state index contributed by atoms with van der Waals surface area (Å²) in [6, 6.07) is 9.11. The van der Waals surface area contributed by atoms with Crippen molar-refractivity contribution in [3.05, 3.63) is 47.3 Å². The molecule has 0 radical (unpaired) electrons. The molecule has 1 amide bonds. The van der Waals surface area contributed by atoms with Crippen LogP contribution in [-0.2, 0) is 6.42 Å². The average Bonchev–Trinajstić information content (AvgIpc) is 3.02. The second-order valence-electron chi connectivity index (χ2n) is 7.29. The Kier molecular flexibility index (Phi) is 6.98. The first-order valence-corrected chi connectivity index (χ1v) is 9.53. The number of aromatic nitrogens is 2. The van der Waals surface area contributed by atoms with Crippen molar-refractivity contribution in [1.29, 1.82) is 0 Å². The van der Waals surface area contributed by atoms with Crippen LogP contribution < -0.4 is 5.32 Å². The minimum absolute atomic E-state index is 0.0485. The second kappa shape index (κ2) is 8.99. The van der Waals surface area contributed by atoms with Crippen molar-refractivity contribution in [2.24, 2.45) is 0 Å². The van der Waals surface area contributed by atoms with Crippen LogP contribution in [0.15, 0.2) is 30.5 Å².